The fourth-order valence-corrected chi connectivity index (χ4v) is 3.79. The molecule has 0 spiro atoms. The lowest BCUT2D eigenvalue weighted by Gasteiger charge is -2.55. The fraction of sp³-hybridized carbons (Fsp3) is 0.867. The molecule has 0 saturated carbocycles. The molecule has 1 saturated heterocycles. The zero-order chi connectivity index (χ0) is 16.4. The predicted octanol–water partition coefficient (Wildman–Crippen LogP) is 0.414. The third-order valence-electron chi connectivity index (χ3n) is 4.07. The minimum Gasteiger partial charge on any atom is -0.396 e. The van der Waals surface area contributed by atoms with Gasteiger partial charge in [0.15, 0.2) is 0 Å². The van der Waals surface area contributed by atoms with Crippen LogP contribution in [0.1, 0.15) is 53.9 Å². The van der Waals surface area contributed by atoms with E-state index in [9.17, 15) is 14.7 Å². The van der Waals surface area contributed by atoms with Crippen molar-refractivity contribution in [2.24, 2.45) is 0 Å². The van der Waals surface area contributed by atoms with Gasteiger partial charge in [0.25, 0.3) is 0 Å². The average Bonchev–Trinajstić information content (AvgIpc) is 2.24. The molecule has 6 heteroatoms. The number of piperidine rings is 1. The van der Waals surface area contributed by atoms with Crippen molar-refractivity contribution in [2.45, 2.75) is 77.1 Å². The van der Waals surface area contributed by atoms with Crippen molar-refractivity contribution in [3.05, 3.63) is 0 Å². The Morgan fingerprint density at radius 3 is 2.10 bits per heavy atom. The van der Waals surface area contributed by atoms with Crippen LogP contribution in [0.4, 0.5) is 0 Å². The number of aliphatic hydroxyl groups is 2. The van der Waals surface area contributed by atoms with Crippen molar-refractivity contribution >= 4 is 11.8 Å². The summed E-state index contributed by atoms with van der Waals surface area (Å²) in [6.07, 6.45) is 0.110. The smallest absolute Gasteiger partial charge is 0.249 e. The topological polar surface area (TPSA) is 89.9 Å². The number of nitrogens with one attached hydrogen (secondary N) is 1. The number of amides is 2. The summed E-state index contributed by atoms with van der Waals surface area (Å²) >= 11 is 0. The third kappa shape index (κ3) is 4.17. The standard InChI is InChI=1S/C15H28N2O4/c1-10(19)17-14(2,3)8-11(9-15(17,4)5)16-13(21)12(20)6-7-18/h11-12,18,20H,6-9H2,1-5H3,(H,16,21). The predicted molar refractivity (Wildman–Crippen MR) is 79.6 cm³/mol. The Morgan fingerprint density at radius 1 is 1.24 bits per heavy atom. The van der Waals surface area contributed by atoms with E-state index in [0.717, 1.165) is 0 Å². The number of hydrogen-bond donors (Lipinski definition) is 3. The van der Waals surface area contributed by atoms with Crippen molar-refractivity contribution in [3.63, 3.8) is 0 Å². The zero-order valence-electron chi connectivity index (χ0n) is 13.6. The highest BCUT2D eigenvalue weighted by Gasteiger charge is 2.47. The van der Waals surface area contributed by atoms with E-state index in [1.807, 2.05) is 32.6 Å². The largest absolute Gasteiger partial charge is 0.396 e. The fourth-order valence-electron chi connectivity index (χ4n) is 3.79. The van der Waals surface area contributed by atoms with Crippen LogP contribution in [0.3, 0.4) is 0 Å². The molecule has 3 N–H and O–H groups in total. The van der Waals surface area contributed by atoms with Crippen LogP contribution in [0.25, 0.3) is 0 Å². The first-order chi connectivity index (χ1) is 9.51. The highest BCUT2D eigenvalue weighted by molar-refractivity contribution is 5.81. The number of rotatable bonds is 4. The lowest BCUT2D eigenvalue weighted by molar-refractivity contribution is -0.148. The second-order valence-electron chi connectivity index (χ2n) is 7.12. The quantitative estimate of drug-likeness (QED) is 0.701. The second kappa shape index (κ2) is 6.32. The van der Waals surface area contributed by atoms with Crippen molar-refractivity contribution in [1.29, 1.82) is 0 Å². The van der Waals surface area contributed by atoms with Gasteiger partial charge in [-0.15, -0.1) is 0 Å². The van der Waals surface area contributed by atoms with Crippen LogP contribution in [-0.4, -0.2) is 56.8 Å². The molecule has 0 aromatic carbocycles. The maximum Gasteiger partial charge on any atom is 0.249 e. The van der Waals surface area contributed by atoms with Gasteiger partial charge in [-0.05, 0) is 40.5 Å². The Bertz CT molecular complexity index is 388. The Kier molecular flexibility index (Phi) is 5.39. The van der Waals surface area contributed by atoms with Crippen LogP contribution in [0.2, 0.25) is 0 Å². The number of likely N-dealkylation sites (tertiary alicyclic amines) is 1. The molecule has 2 amide bonds. The van der Waals surface area contributed by atoms with Crippen LogP contribution in [0, 0.1) is 0 Å². The molecular weight excluding hydrogens is 272 g/mol. The summed E-state index contributed by atoms with van der Waals surface area (Å²) in [7, 11) is 0. The number of hydrogen-bond acceptors (Lipinski definition) is 4. The summed E-state index contributed by atoms with van der Waals surface area (Å²) in [6.45, 7) is 9.27. The van der Waals surface area contributed by atoms with Crippen LogP contribution < -0.4 is 5.32 Å². The highest BCUT2D eigenvalue weighted by Crippen LogP contribution is 2.38. The Hall–Kier alpha value is -1.14. The summed E-state index contributed by atoms with van der Waals surface area (Å²) < 4.78 is 0. The molecule has 0 bridgehead atoms. The van der Waals surface area contributed by atoms with Gasteiger partial charge in [-0.1, -0.05) is 0 Å². The number of aliphatic hydroxyl groups excluding tert-OH is 2. The van der Waals surface area contributed by atoms with E-state index in [1.54, 1.807) is 6.92 Å². The molecule has 0 aromatic heterocycles. The van der Waals surface area contributed by atoms with E-state index in [4.69, 9.17) is 5.11 Å². The molecule has 21 heavy (non-hydrogen) atoms. The third-order valence-corrected chi connectivity index (χ3v) is 4.07. The van der Waals surface area contributed by atoms with E-state index in [1.165, 1.54) is 0 Å². The molecule has 1 aliphatic heterocycles. The lowest BCUT2D eigenvalue weighted by Crippen LogP contribution is -2.66. The number of carbonyl (C=O) groups excluding carboxylic acids is 2. The summed E-state index contributed by atoms with van der Waals surface area (Å²) in [5.41, 5.74) is -0.735. The molecule has 0 aromatic rings. The van der Waals surface area contributed by atoms with E-state index in [-0.39, 0.29) is 36.1 Å². The van der Waals surface area contributed by atoms with E-state index in [0.29, 0.717) is 12.8 Å². The van der Waals surface area contributed by atoms with Gasteiger partial charge < -0.3 is 20.4 Å². The molecule has 1 heterocycles. The van der Waals surface area contributed by atoms with E-state index < -0.39 is 12.0 Å². The molecule has 1 fully saturated rings. The minimum absolute atomic E-state index is 0.0232. The minimum atomic E-state index is -1.19. The molecule has 0 radical (unpaired) electrons. The normalized spacial score (nSPS) is 22.7. The summed E-state index contributed by atoms with van der Waals surface area (Å²) in [4.78, 5) is 25.7. The first-order valence-corrected chi connectivity index (χ1v) is 7.41. The van der Waals surface area contributed by atoms with Gasteiger partial charge in [-0.2, -0.15) is 0 Å². The Morgan fingerprint density at radius 2 is 1.71 bits per heavy atom. The highest BCUT2D eigenvalue weighted by atomic mass is 16.3. The molecule has 6 nitrogen and oxygen atoms in total. The Balaban J connectivity index is 2.82. The van der Waals surface area contributed by atoms with Gasteiger partial charge >= 0.3 is 0 Å². The molecule has 1 rings (SSSR count). The number of carbonyl (C=O) groups is 2. The van der Waals surface area contributed by atoms with Gasteiger partial charge in [-0.25, -0.2) is 0 Å². The van der Waals surface area contributed by atoms with Crippen LogP contribution in [-0.2, 0) is 9.59 Å². The second-order valence-corrected chi connectivity index (χ2v) is 7.12. The lowest BCUT2D eigenvalue weighted by atomic mass is 9.76. The maximum absolute atomic E-state index is 11.9. The van der Waals surface area contributed by atoms with Gasteiger partial charge in [0.05, 0.1) is 0 Å². The first-order valence-electron chi connectivity index (χ1n) is 7.41. The summed E-state index contributed by atoms with van der Waals surface area (Å²) in [5.74, 6) is -0.438. The molecule has 0 aliphatic carbocycles. The summed E-state index contributed by atoms with van der Waals surface area (Å²) in [5, 5.41) is 21.2. The van der Waals surface area contributed by atoms with Crippen LogP contribution in [0.5, 0.6) is 0 Å². The van der Waals surface area contributed by atoms with Gasteiger partial charge in [-0.3, -0.25) is 9.59 Å². The Labute approximate surface area is 126 Å². The van der Waals surface area contributed by atoms with Crippen molar-refractivity contribution in [2.75, 3.05) is 6.61 Å². The van der Waals surface area contributed by atoms with Gasteiger partial charge in [0.2, 0.25) is 11.8 Å². The van der Waals surface area contributed by atoms with Crippen LogP contribution >= 0.6 is 0 Å². The first kappa shape index (κ1) is 17.9. The molecule has 1 atom stereocenters. The average molecular weight is 300 g/mol. The number of nitrogens with zero attached hydrogens (tertiary/aromatic N) is 1. The monoisotopic (exact) mass is 300 g/mol. The van der Waals surface area contributed by atoms with Crippen molar-refractivity contribution < 1.29 is 19.8 Å². The van der Waals surface area contributed by atoms with E-state index >= 15 is 0 Å². The molecule has 1 unspecified atom stereocenters. The van der Waals surface area contributed by atoms with Crippen molar-refractivity contribution in [1.82, 2.24) is 10.2 Å². The van der Waals surface area contributed by atoms with E-state index in [2.05, 4.69) is 5.32 Å². The van der Waals surface area contributed by atoms with Crippen LogP contribution in [0.15, 0.2) is 0 Å². The zero-order valence-corrected chi connectivity index (χ0v) is 13.6. The molecular formula is C15H28N2O4. The van der Waals surface area contributed by atoms with Gasteiger partial charge in [0.1, 0.15) is 6.10 Å². The summed E-state index contributed by atoms with van der Waals surface area (Å²) in [6, 6.07) is -0.105. The van der Waals surface area contributed by atoms with Gasteiger partial charge in [0, 0.05) is 37.1 Å². The maximum atomic E-state index is 11.9. The molecule has 122 valence electrons. The molecule has 1 aliphatic rings. The van der Waals surface area contributed by atoms with Crippen molar-refractivity contribution in [3.8, 4) is 0 Å². The SMILES string of the molecule is CC(=O)N1C(C)(C)CC(NC(=O)C(O)CCO)CC1(C)C.